The first kappa shape index (κ1) is 27.8. The van der Waals surface area contributed by atoms with Crippen LogP contribution in [0, 0.1) is 0 Å². The smallest absolute Gasteiger partial charge is 0.338 e. The number of morpholine rings is 1. The minimum absolute atomic E-state index is 0.233. The Hall–Kier alpha value is -4.01. The summed E-state index contributed by atoms with van der Waals surface area (Å²) >= 11 is 6.63. The molecule has 1 saturated heterocycles. The molecular formula is C34H34ClN5O3. The van der Waals surface area contributed by atoms with Crippen LogP contribution in [0.25, 0.3) is 27.8 Å². The first-order valence-corrected chi connectivity index (χ1v) is 15.2. The molecule has 0 bridgehead atoms. The van der Waals surface area contributed by atoms with Crippen LogP contribution in [0.5, 0.6) is 0 Å². The molecule has 8 nitrogen and oxygen atoms in total. The average molecular weight is 596 g/mol. The molecule has 1 saturated carbocycles. The van der Waals surface area contributed by atoms with Crippen molar-refractivity contribution in [3.05, 3.63) is 88.8 Å². The maximum Gasteiger partial charge on any atom is 0.338 e. The number of rotatable bonds is 5. The zero-order valence-electron chi connectivity index (χ0n) is 24.6. The van der Waals surface area contributed by atoms with Gasteiger partial charge in [-0.1, -0.05) is 48.0 Å². The molecule has 2 fully saturated rings. The Morgan fingerprint density at radius 1 is 0.953 bits per heavy atom. The lowest BCUT2D eigenvalue weighted by Gasteiger charge is -2.34. The third kappa shape index (κ3) is 5.45. The minimum Gasteiger partial charge on any atom is -0.456 e. The van der Waals surface area contributed by atoms with Crippen molar-refractivity contribution in [3.8, 4) is 11.3 Å². The predicted molar refractivity (Wildman–Crippen MR) is 168 cm³/mol. The third-order valence-electron chi connectivity index (χ3n) is 8.27. The van der Waals surface area contributed by atoms with E-state index in [9.17, 15) is 4.79 Å². The molecule has 0 radical (unpaired) electrons. The van der Waals surface area contributed by atoms with E-state index in [0.717, 1.165) is 70.8 Å². The molecule has 0 atom stereocenters. The van der Waals surface area contributed by atoms with Crippen molar-refractivity contribution in [2.24, 2.45) is 0 Å². The number of halogens is 1. The Morgan fingerprint density at radius 2 is 1.70 bits per heavy atom. The van der Waals surface area contributed by atoms with E-state index in [1.807, 2.05) is 67.8 Å². The van der Waals surface area contributed by atoms with Crippen LogP contribution < -0.4 is 4.90 Å². The van der Waals surface area contributed by atoms with Crippen molar-refractivity contribution in [2.75, 3.05) is 31.2 Å². The van der Waals surface area contributed by atoms with Gasteiger partial charge in [0.15, 0.2) is 10.8 Å². The van der Waals surface area contributed by atoms with Gasteiger partial charge >= 0.3 is 5.97 Å². The number of pyridine rings is 1. The van der Waals surface area contributed by atoms with Crippen LogP contribution in [-0.2, 0) is 9.47 Å². The monoisotopic (exact) mass is 595 g/mol. The van der Waals surface area contributed by atoms with Gasteiger partial charge in [-0.25, -0.2) is 14.3 Å². The number of carbonyl (C=O) groups is 1. The van der Waals surface area contributed by atoms with Gasteiger partial charge in [-0.05, 0) is 57.9 Å². The van der Waals surface area contributed by atoms with Crippen molar-refractivity contribution >= 4 is 39.8 Å². The number of hydrogen-bond acceptors (Lipinski definition) is 7. The Morgan fingerprint density at radius 3 is 2.44 bits per heavy atom. The molecule has 1 aliphatic carbocycles. The van der Waals surface area contributed by atoms with Crippen LogP contribution in [0.2, 0.25) is 5.15 Å². The number of nitrogens with zero attached hydrogens (tertiary/aromatic N) is 5. The van der Waals surface area contributed by atoms with E-state index in [2.05, 4.69) is 29.2 Å². The summed E-state index contributed by atoms with van der Waals surface area (Å²) in [5.41, 5.74) is 6.62. The summed E-state index contributed by atoms with van der Waals surface area (Å²) in [5, 5.41) is 6.29. The molecule has 0 N–H and O–H groups in total. The molecule has 7 rings (SSSR count). The lowest BCUT2D eigenvalue weighted by atomic mass is 9.71. The van der Waals surface area contributed by atoms with E-state index in [1.54, 1.807) is 0 Å². The molecule has 43 heavy (non-hydrogen) atoms. The lowest BCUT2D eigenvalue weighted by molar-refractivity contribution is 0.00695. The number of hydrogen-bond donors (Lipinski definition) is 0. The van der Waals surface area contributed by atoms with Crippen LogP contribution in [-0.4, -0.2) is 57.5 Å². The van der Waals surface area contributed by atoms with Crippen LogP contribution >= 0.6 is 11.6 Å². The summed E-state index contributed by atoms with van der Waals surface area (Å²) in [4.78, 5) is 25.2. The Bertz CT molecular complexity index is 1820. The first-order chi connectivity index (χ1) is 20.7. The van der Waals surface area contributed by atoms with E-state index in [-0.39, 0.29) is 11.9 Å². The SMILES string of the molecule is CC(C)(C)OC(=O)c1ccc(-c2c(C3CC(c4ccc5ccccc5n4)C3)nc3c(N4CCOCC4)cc(Cl)nn23)cc1. The molecule has 4 heterocycles. The van der Waals surface area contributed by atoms with Gasteiger partial charge in [-0.2, -0.15) is 5.10 Å². The van der Waals surface area contributed by atoms with E-state index in [0.29, 0.717) is 29.8 Å². The van der Waals surface area contributed by atoms with E-state index in [1.165, 1.54) is 0 Å². The number of aromatic nitrogens is 4. The molecule has 220 valence electrons. The molecule has 2 aromatic carbocycles. The highest BCUT2D eigenvalue weighted by Crippen LogP contribution is 2.49. The second kappa shape index (κ2) is 10.9. The Balaban J connectivity index is 1.27. The fourth-order valence-corrected chi connectivity index (χ4v) is 6.26. The van der Waals surface area contributed by atoms with E-state index >= 15 is 0 Å². The fraction of sp³-hybridized carbons (Fsp3) is 0.353. The van der Waals surface area contributed by atoms with Crippen molar-refractivity contribution in [3.63, 3.8) is 0 Å². The van der Waals surface area contributed by atoms with Gasteiger partial charge in [0.2, 0.25) is 0 Å². The topological polar surface area (TPSA) is 81.8 Å². The van der Waals surface area contributed by atoms with Gasteiger partial charge in [0, 0.05) is 47.6 Å². The highest BCUT2D eigenvalue weighted by atomic mass is 35.5. The third-order valence-corrected chi connectivity index (χ3v) is 8.45. The van der Waals surface area contributed by atoms with E-state index < -0.39 is 5.60 Å². The molecule has 1 aliphatic heterocycles. The van der Waals surface area contributed by atoms with Gasteiger partial charge in [0.05, 0.1) is 41.4 Å². The summed E-state index contributed by atoms with van der Waals surface area (Å²) < 4.78 is 13.1. The molecule has 9 heteroatoms. The largest absolute Gasteiger partial charge is 0.456 e. The number of imidazole rings is 1. The maximum atomic E-state index is 12.7. The van der Waals surface area contributed by atoms with Crippen molar-refractivity contribution in [1.82, 2.24) is 19.6 Å². The number of para-hydroxylation sites is 1. The van der Waals surface area contributed by atoms with Gasteiger partial charge in [0.25, 0.3) is 0 Å². The molecule has 0 amide bonds. The number of anilines is 1. The lowest BCUT2D eigenvalue weighted by Crippen LogP contribution is -2.36. The maximum absolute atomic E-state index is 12.7. The molecule has 3 aromatic heterocycles. The molecule has 5 aromatic rings. The van der Waals surface area contributed by atoms with Gasteiger partial charge in [0.1, 0.15) is 5.60 Å². The zero-order chi connectivity index (χ0) is 29.7. The zero-order valence-corrected chi connectivity index (χ0v) is 25.3. The van der Waals surface area contributed by atoms with Crippen molar-refractivity contribution in [2.45, 2.75) is 51.0 Å². The highest BCUT2D eigenvalue weighted by Gasteiger charge is 2.37. The predicted octanol–water partition coefficient (Wildman–Crippen LogP) is 7.05. The minimum atomic E-state index is -0.568. The summed E-state index contributed by atoms with van der Waals surface area (Å²) in [5.74, 6) is 0.242. The Kier molecular flexibility index (Phi) is 7.06. The van der Waals surface area contributed by atoms with Gasteiger partial charge < -0.3 is 14.4 Å². The Labute approximate surface area is 255 Å². The second-order valence-corrected chi connectivity index (χ2v) is 12.8. The second-order valence-electron chi connectivity index (χ2n) is 12.4. The van der Waals surface area contributed by atoms with Crippen LogP contribution in [0.3, 0.4) is 0 Å². The summed E-state index contributed by atoms with van der Waals surface area (Å²) in [6.07, 6.45) is 1.89. The van der Waals surface area contributed by atoms with Gasteiger partial charge in [-0.3, -0.25) is 4.98 Å². The van der Waals surface area contributed by atoms with Crippen LogP contribution in [0.1, 0.15) is 67.2 Å². The summed E-state index contributed by atoms with van der Waals surface area (Å²) in [6, 6.07) is 22.0. The normalized spacial score (nSPS) is 19.0. The molecule has 2 aliphatic rings. The number of esters is 1. The van der Waals surface area contributed by atoms with Crippen molar-refractivity contribution < 1.29 is 14.3 Å². The summed E-state index contributed by atoms with van der Waals surface area (Å²) in [6.45, 7) is 8.43. The van der Waals surface area contributed by atoms with E-state index in [4.69, 9.17) is 36.1 Å². The summed E-state index contributed by atoms with van der Waals surface area (Å²) in [7, 11) is 0. The number of carbonyl (C=O) groups excluding carboxylic acids is 1. The number of fused-ring (bicyclic) bond motifs is 2. The molecule has 0 unspecified atom stereocenters. The average Bonchev–Trinajstić information content (AvgIpc) is 3.34. The van der Waals surface area contributed by atoms with Crippen LogP contribution in [0.15, 0.2) is 66.7 Å². The van der Waals surface area contributed by atoms with Crippen LogP contribution in [0.4, 0.5) is 5.69 Å². The molecular weight excluding hydrogens is 562 g/mol. The quantitative estimate of drug-likeness (QED) is 0.201. The highest BCUT2D eigenvalue weighted by molar-refractivity contribution is 6.29. The van der Waals surface area contributed by atoms with Gasteiger partial charge in [-0.15, -0.1) is 0 Å². The molecule has 0 spiro atoms. The standard InChI is InChI=1S/C34H34ClN5O3/c1-34(2,3)43-33(41)23-10-8-22(9-11-23)31-30(25-18-24(19-25)27-13-12-21-6-4-5-7-26(21)36-27)37-32-28(20-29(35)38-40(31)32)39-14-16-42-17-15-39/h4-13,20,24-25H,14-19H2,1-3H3. The number of benzene rings is 2. The first-order valence-electron chi connectivity index (χ1n) is 14.8. The van der Waals surface area contributed by atoms with Crippen molar-refractivity contribution in [1.29, 1.82) is 0 Å². The number of ether oxygens (including phenoxy) is 2. The fourth-order valence-electron chi connectivity index (χ4n) is 6.08.